The fourth-order valence-electron chi connectivity index (χ4n) is 3.67. The quantitative estimate of drug-likeness (QED) is 0.444. The van der Waals surface area contributed by atoms with E-state index in [0.29, 0.717) is 24.0 Å². The van der Waals surface area contributed by atoms with E-state index in [9.17, 15) is 19.8 Å². The maximum Gasteiger partial charge on any atom is 0.338 e. The molecular formula is C23H24O9. The Bertz CT molecular complexity index is 1040. The van der Waals surface area contributed by atoms with Crippen LogP contribution < -0.4 is 14.2 Å². The summed E-state index contributed by atoms with van der Waals surface area (Å²) < 4.78 is 26.9. The van der Waals surface area contributed by atoms with Gasteiger partial charge in [0, 0.05) is 11.1 Å². The van der Waals surface area contributed by atoms with Gasteiger partial charge in [-0.1, -0.05) is 6.07 Å². The number of benzene rings is 2. The molecule has 0 aromatic heterocycles. The molecule has 170 valence electrons. The van der Waals surface area contributed by atoms with Crippen molar-refractivity contribution in [3.05, 3.63) is 41.5 Å². The van der Waals surface area contributed by atoms with Crippen molar-refractivity contribution >= 4 is 11.9 Å². The second-order valence-electron chi connectivity index (χ2n) is 7.66. The average molecular weight is 444 g/mol. The lowest BCUT2D eigenvalue weighted by molar-refractivity contribution is -0.180. The molecule has 4 rings (SSSR count). The number of esters is 2. The van der Waals surface area contributed by atoms with Crippen molar-refractivity contribution in [1.29, 1.82) is 0 Å². The maximum atomic E-state index is 12.4. The largest absolute Gasteiger partial charge is 0.490 e. The van der Waals surface area contributed by atoms with Gasteiger partial charge < -0.3 is 33.9 Å². The van der Waals surface area contributed by atoms with Crippen molar-refractivity contribution in [2.75, 3.05) is 20.3 Å². The highest BCUT2D eigenvalue weighted by molar-refractivity contribution is 5.94. The number of fused-ring (bicyclic) bond motifs is 1. The normalized spacial score (nSPS) is 15.7. The first-order valence-corrected chi connectivity index (χ1v) is 10.2. The van der Waals surface area contributed by atoms with Gasteiger partial charge in [0.25, 0.3) is 0 Å². The molecule has 0 bridgehead atoms. The van der Waals surface area contributed by atoms with Gasteiger partial charge in [-0.15, -0.1) is 0 Å². The van der Waals surface area contributed by atoms with E-state index >= 15 is 0 Å². The molecule has 1 aliphatic heterocycles. The number of carbonyl (C=O) groups excluding carboxylic acids is 2. The van der Waals surface area contributed by atoms with E-state index in [1.807, 2.05) is 6.07 Å². The van der Waals surface area contributed by atoms with Crippen molar-refractivity contribution in [2.24, 2.45) is 5.41 Å². The van der Waals surface area contributed by atoms with Gasteiger partial charge in [0.15, 0.2) is 11.5 Å². The van der Waals surface area contributed by atoms with Crippen LogP contribution in [-0.2, 0) is 20.9 Å². The minimum atomic E-state index is -2.06. The van der Waals surface area contributed by atoms with Gasteiger partial charge in [-0.2, -0.15) is 0 Å². The highest BCUT2D eigenvalue weighted by Gasteiger charge is 2.52. The van der Waals surface area contributed by atoms with Crippen LogP contribution in [0, 0.1) is 5.41 Å². The lowest BCUT2D eigenvalue weighted by atomic mass is 9.99. The molecule has 0 amide bonds. The molecule has 0 saturated heterocycles. The number of aliphatic hydroxyl groups is 2. The molecule has 0 atom stereocenters. The number of cyclic esters (lactones) is 1. The third-order valence-electron chi connectivity index (χ3n) is 5.56. The number of methoxy groups -OCH3 is 1. The molecule has 0 radical (unpaired) electrons. The van der Waals surface area contributed by atoms with Gasteiger partial charge in [-0.3, -0.25) is 4.79 Å². The smallest absolute Gasteiger partial charge is 0.338 e. The van der Waals surface area contributed by atoms with E-state index in [1.54, 1.807) is 25.1 Å². The van der Waals surface area contributed by atoms with Crippen LogP contribution in [0.3, 0.4) is 0 Å². The molecule has 9 nitrogen and oxygen atoms in total. The molecule has 0 spiro atoms. The molecule has 32 heavy (non-hydrogen) atoms. The van der Waals surface area contributed by atoms with Crippen molar-refractivity contribution in [2.45, 2.75) is 32.8 Å². The Kier molecular flexibility index (Phi) is 5.94. The summed E-state index contributed by atoms with van der Waals surface area (Å²) in [5, 5.41) is 18.5. The molecule has 1 saturated carbocycles. The van der Waals surface area contributed by atoms with E-state index in [0.717, 1.165) is 11.1 Å². The lowest BCUT2D eigenvalue weighted by Crippen LogP contribution is -2.26. The minimum absolute atomic E-state index is 0.0573. The maximum absolute atomic E-state index is 12.4. The van der Waals surface area contributed by atoms with E-state index < -0.39 is 11.9 Å². The second-order valence-corrected chi connectivity index (χ2v) is 7.66. The molecular weight excluding hydrogens is 420 g/mol. The Labute approximate surface area is 184 Å². The predicted molar refractivity (Wildman–Crippen MR) is 110 cm³/mol. The Morgan fingerprint density at radius 2 is 1.91 bits per heavy atom. The minimum Gasteiger partial charge on any atom is -0.490 e. The summed E-state index contributed by atoms with van der Waals surface area (Å²) >= 11 is 0. The second kappa shape index (κ2) is 8.68. The van der Waals surface area contributed by atoms with Gasteiger partial charge in [0.1, 0.15) is 18.6 Å². The monoisotopic (exact) mass is 444 g/mol. The first kappa shape index (κ1) is 21.9. The molecule has 1 heterocycles. The van der Waals surface area contributed by atoms with Gasteiger partial charge in [0.2, 0.25) is 5.75 Å². The van der Waals surface area contributed by atoms with Crippen LogP contribution in [0.1, 0.15) is 35.7 Å². The van der Waals surface area contributed by atoms with Crippen LogP contribution in [-0.4, -0.2) is 49.0 Å². The zero-order valence-electron chi connectivity index (χ0n) is 17.8. The Hall–Kier alpha value is -3.30. The van der Waals surface area contributed by atoms with Crippen molar-refractivity contribution in [3.63, 3.8) is 0 Å². The molecule has 2 aliphatic rings. The zero-order chi connectivity index (χ0) is 22.9. The van der Waals surface area contributed by atoms with Crippen LogP contribution in [0.25, 0.3) is 11.1 Å². The first-order chi connectivity index (χ1) is 15.4. The summed E-state index contributed by atoms with van der Waals surface area (Å²) in [6.07, 6.45) is 1.29. The fraction of sp³-hybridized carbons (Fsp3) is 0.391. The Morgan fingerprint density at radius 3 is 2.56 bits per heavy atom. The zero-order valence-corrected chi connectivity index (χ0v) is 17.8. The van der Waals surface area contributed by atoms with Crippen LogP contribution in [0.15, 0.2) is 30.3 Å². The topological polar surface area (TPSA) is 121 Å². The summed E-state index contributed by atoms with van der Waals surface area (Å²) in [4.78, 5) is 24.1. The molecule has 0 unspecified atom stereocenters. The summed E-state index contributed by atoms with van der Waals surface area (Å²) in [6.45, 7) is 0.216. The molecule has 9 heteroatoms. The third-order valence-corrected chi connectivity index (χ3v) is 5.56. The number of ether oxygens (including phenoxy) is 5. The van der Waals surface area contributed by atoms with Crippen molar-refractivity contribution in [3.8, 4) is 28.4 Å². The summed E-state index contributed by atoms with van der Waals surface area (Å²) in [5.41, 5.74) is 1.87. The van der Waals surface area contributed by atoms with Gasteiger partial charge >= 0.3 is 18.4 Å². The van der Waals surface area contributed by atoms with Crippen molar-refractivity contribution < 1.29 is 43.5 Å². The van der Waals surface area contributed by atoms with E-state index in [1.165, 1.54) is 13.2 Å². The van der Waals surface area contributed by atoms with Crippen LogP contribution in [0.2, 0.25) is 0 Å². The van der Waals surface area contributed by atoms with Crippen LogP contribution >= 0.6 is 0 Å². The molecule has 1 fully saturated rings. The van der Waals surface area contributed by atoms with E-state index in [4.69, 9.17) is 23.7 Å². The lowest BCUT2D eigenvalue weighted by Gasteiger charge is -2.21. The number of aliphatic hydroxyl groups excluding tert-OH is 1. The predicted octanol–water partition coefficient (Wildman–Crippen LogP) is 2.40. The van der Waals surface area contributed by atoms with Crippen LogP contribution in [0.5, 0.6) is 17.2 Å². The standard InChI is InChI=1S/C23H24O9/c1-3-29-21(25)23(8-9-23)12-31-18-15(6-7-17(19(18)28-2)32-22(26)27)13-4-5-16-14(10-13)11-30-20(16)24/h4-7,10,22,26-27H,3,8-9,11-12H2,1-2H3. The fourth-order valence-corrected chi connectivity index (χ4v) is 3.67. The molecule has 1 aliphatic carbocycles. The summed E-state index contributed by atoms with van der Waals surface area (Å²) in [6, 6.07) is 8.46. The molecule has 2 aromatic carbocycles. The third kappa shape index (κ3) is 4.09. The van der Waals surface area contributed by atoms with Crippen molar-refractivity contribution in [1.82, 2.24) is 0 Å². The SMILES string of the molecule is CCOC(=O)C1(COc2c(-c3ccc4c(c3)COC4=O)ccc(OC(O)O)c2OC)CC1. The van der Waals surface area contributed by atoms with E-state index in [2.05, 4.69) is 0 Å². The number of rotatable bonds is 9. The highest BCUT2D eigenvalue weighted by atomic mass is 16.7. The van der Waals surface area contributed by atoms with E-state index in [-0.39, 0.29) is 49.0 Å². The van der Waals surface area contributed by atoms with Gasteiger partial charge in [-0.25, -0.2) is 4.79 Å². The average Bonchev–Trinajstić information content (AvgIpc) is 3.48. The number of carbonyl (C=O) groups is 2. The Morgan fingerprint density at radius 1 is 1.16 bits per heavy atom. The molecule has 2 N–H and O–H groups in total. The first-order valence-electron chi connectivity index (χ1n) is 10.2. The van der Waals surface area contributed by atoms with Gasteiger partial charge in [0.05, 0.1) is 19.3 Å². The van der Waals surface area contributed by atoms with Gasteiger partial charge in [-0.05, 0) is 49.6 Å². The number of hydrogen-bond donors (Lipinski definition) is 2. The Balaban J connectivity index is 1.73. The summed E-state index contributed by atoms with van der Waals surface area (Å²) in [5.74, 6) is -0.213. The van der Waals surface area contributed by atoms with Crippen LogP contribution in [0.4, 0.5) is 0 Å². The number of hydrogen-bond acceptors (Lipinski definition) is 9. The molecule has 2 aromatic rings. The highest BCUT2D eigenvalue weighted by Crippen LogP contribution is 2.50. The summed E-state index contributed by atoms with van der Waals surface area (Å²) in [7, 11) is 1.40.